The predicted molar refractivity (Wildman–Crippen MR) is 426 cm³/mol. The molecule has 20 nitrogen and oxygen atoms in total. The van der Waals surface area contributed by atoms with Crippen molar-refractivity contribution in [2.75, 3.05) is 74.9 Å². The van der Waals surface area contributed by atoms with E-state index in [4.69, 9.17) is 11.6 Å². The summed E-state index contributed by atoms with van der Waals surface area (Å²) in [4.78, 5) is 80.4. The maximum atomic E-state index is 14.6. The molecule has 4 aliphatic rings. The van der Waals surface area contributed by atoms with Crippen LogP contribution in [0.5, 0.6) is 0 Å². The SMILES string of the molecule is Cc1ncsc1-c1ccc([C@H](C)NC(=O)[C@@H]2C[C@@H](O)CN2C(=O)[C@@H](NC(=O)CCCCCCCCCC(=O)N[C@H]2CCN(CC[C@H](CSc3ccccc3)Nc3ccc(S(=O)(=O)NC(=O)c4ccc(N5CCN(CC6=C(c7ccc(Cl)cc7)CCC(C)(C)C6)CC5)cc4)cc3S(=O)(=O)C(F)(F)F)C2)C(C)(C)C)cc1. The highest BCUT2D eigenvalue weighted by Crippen LogP contribution is 2.44. The molecule has 0 spiro atoms. The number of unbranched alkanes of at least 4 members (excludes halogenated alkanes) is 6. The lowest BCUT2D eigenvalue weighted by molar-refractivity contribution is -0.144. The number of allylic oxidation sites excluding steroid dienone is 1. The zero-order chi connectivity index (χ0) is 78.4. The molecule has 10 rings (SSSR count). The highest BCUT2D eigenvalue weighted by Gasteiger charge is 2.49. The summed E-state index contributed by atoms with van der Waals surface area (Å²) >= 11 is 9.19. The molecule has 1 aliphatic carbocycles. The molecule has 109 heavy (non-hydrogen) atoms. The summed E-state index contributed by atoms with van der Waals surface area (Å²) < 4.78 is 100. The standard InChI is InChI=1S/C81H104ClF3N10O10S4/c1-54(56-22-24-58(25-23-56)74-55(2)86-53-107-74)87-77(100)70-46-65(96)51-95(70)78(101)75(79(3,4)5)90-73(98)21-17-12-10-8-9-11-16-20-72(97)89-62-37-40-92(50-62)41-38-63(52-106-66-18-14-13-15-19-66)88-69-35-34-67(47-71(69)108(102,103)81(83,84)85)109(104,105)91-76(99)59-28-32-64(33-29-59)94-44-42-93(43-45-94)49-60-48-80(6,7)39-36-68(60)57-26-30-61(82)31-27-57/h13-15,18-19,22-35,47,53-54,62-63,65,70,75,88,96H,8-12,16-17,20-21,36-46,48-52H2,1-7H3,(H,87,100)(H,89,97)(H,90,98)(H,91,99)/t54-,62-,63+,65+,70-,75+/m0/s1. The lowest BCUT2D eigenvalue weighted by Crippen LogP contribution is -2.57. The average Bonchev–Trinajstić information content (AvgIpc) is 1.52. The number of piperazine rings is 1. The minimum Gasteiger partial charge on any atom is -0.391 e. The number of alkyl halides is 3. The van der Waals surface area contributed by atoms with Crippen LogP contribution >= 0.6 is 34.7 Å². The number of carbonyl (C=O) groups excluding carboxylic acids is 5. The Bertz CT molecular complexity index is 4390. The number of aliphatic hydroxyl groups is 1. The zero-order valence-electron chi connectivity index (χ0n) is 63.3. The number of hydrogen-bond donors (Lipinski definition) is 6. The number of hydrogen-bond acceptors (Lipinski definition) is 17. The van der Waals surface area contributed by atoms with Crippen LogP contribution in [0.15, 0.2) is 147 Å². The van der Waals surface area contributed by atoms with E-state index in [-0.39, 0.29) is 65.9 Å². The van der Waals surface area contributed by atoms with Gasteiger partial charge in [0.05, 0.1) is 38.8 Å². The number of anilines is 2. The Morgan fingerprint density at radius 2 is 1.42 bits per heavy atom. The quantitative estimate of drug-likeness (QED) is 0.0165. The molecule has 6 N–H and O–H groups in total. The van der Waals surface area contributed by atoms with Gasteiger partial charge in [0.1, 0.15) is 17.0 Å². The number of nitrogens with zero attached hydrogens (tertiary/aromatic N) is 5. The first-order valence-corrected chi connectivity index (χ1v) is 43.0. The zero-order valence-corrected chi connectivity index (χ0v) is 67.3. The van der Waals surface area contributed by atoms with Crippen LogP contribution in [0.2, 0.25) is 5.02 Å². The summed E-state index contributed by atoms with van der Waals surface area (Å²) in [5, 5.41) is 23.6. The fourth-order valence-electron chi connectivity index (χ4n) is 14.8. The molecule has 4 heterocycles. The van der Waals surface area contributed by atoms with E-state index in [0.717, 1.165) is 115 Å². The molecule has 0 radical (unpaired) electrons. The predicted octanol–water partition coefficient (Wildman–Crippen LogP) is 14.0. The number of rotatable bonds is 33. The maximum absolute atomic E-state index is 14.6. The van der Waals surface area contributed by atoms with Gasteiger partial charge in [0.2, 0.25) is 23.6 Å². The first kappa shape index (κ1) is 84.1. The van der Waals surface area contributed by atoms with Gasteiger partial charge in [0.25, 0.3) is 25.8 Å². The number of sulfone groups is 1. The van der Waals surface area contributed by atoms with Crippen molar-refractivity contribution in [1.82, 2.24) is 40.4 Å². The number of carbonyl (C=O) groups is 5. The third-order valence-corrected chi connectivity index (χ3v) is 26.3. The average molecular weight is 1600 g/mol. The van der Waals surface area contributed by atoms with Gasteiger partial charge in [-0.15, -0.1) is 23.1 Å². The normalized spacial score (nSPS) is 19.0. The molecule has 5 aromatic carbocycles. The maximum Gasteiger partial charge on any atom is 0.501 e. The Hall–Kier alpha value is -7.37. The lowest BCUT2D eigenvalue weighted by Gasteiger charge is -2.39. The summed E-state index contributed by atoms with van der Waals surface area (Å²) in [6.07, 6.45) is 9.44. The molecular formula is C81H104ClF3N10O10S4. The molecule has 1 aromatic heterocycles. The monoisotopic (exact) mass is 1600 g/mol. The molecule has 3 fully saturated rings. The van der Waals surface area contributed by atoms with E-state index < -0.39 is 82.3 Å². The van der Waals surface area contributed by atoms with Gasteiger partial charge >= 0.3 is 5.51 Å². The number of sulfonamides is 1. The molecule has 3 saturated heterocycles. The second-order valence-corrected chi connectivity index (χ2v) is 37.2. The number of aliphatic hydroxyl groups excluding tert-OH is 1. The Morgan fingerprint density at radius 1 is 0.771 bits per heavy atom. The Balaban J connectivity index is 0.650. The molecule has 0 bridgehead atoms. The molecule has 28 heteroatoms. The molecule has 5 amide bonds. The Morgan fingerprint density at radius 3 is 2.06 bits per heavy atom. The van der Waals surface area contributed by atoms with Crippen LogP contribution in [-0.4, -0.2) is 172 Å². The Kier molecular flexibility index (Phi) is 28.8. The number of benzene rings is 5. The second kappa shape index (κ2) is 37.3. The number of nitrogens with one attached hydrogen (secondary N) is 5. The van der Waals surface area contributed by atoms with Crippen molar-refractivity contribution in [2.24, 2.45) is 10.8 Å². The van der Waals surface area contributed by atoms with Gasteiger partial charge in [0, 0.05) is 117 Å². The number of halogens is 4. The van der Waals surface area contributed by atoms with Crippen LogP contribution in [-0.2, 0) is 39.0 Å². The van der Waals surface area contributed by atoms with Gasteiger partial charge in [-0.3, -0.25) is 28.9 Å². The summed E-state index contributed by atoms with van der Waals surface area (Å²) in [7, 11) is -11.1. The number of thiazole rings is 1. The van der Waals surface area contributed by atoms with E-state index >= 15 is 0 Å². The van der Waals surface area contributed by atoms with Crippen LogP contribution in [0.1, 0.15) is 171 Å². The number of likely N-dealkylation sites (tertiary alicyclic amines) is 2. The number of thioether (sulfide) groups is 1. The van der Waals surface area contributed by atoms with Gasteiger partial charge in [-0.25, -0.2) is 26.5 Å². The van der Waals surface area contributed by atoms with Gasteiger partial charge in [0.15, 0.2) is 0 Å². The first-order valence-electron chi connectivity index (χ1n) is 37.8. The van der Waals surface area contributed by atoms with E-state index in [9.17, 15) is 59.1 Å². The van der Waals surface area contributed by atoms with Gasteiger partial charge in [-0.05, 0) is 159 Å². The van der Waals surface area contributed by atoms with Crippen molar-refractivity contribution in [1.29, 1.82) is 0 Å². The number of aromatic nitrogens is 1. The smallest absolute Gasteiger partial charge is 0.391 e. The van der Waals surface area contributed by atoms with Crippen LogP contribution in [0.4, 0.5) is 24.5 Å². The highest BCUT2D eigenvalue weighted by molar-refractivity contribution is 7.99. The molecule has 3 aliphatic heterocycles. The van der Waals surface area contributed by atoms with Crippen molar-refractivity contribution in [3.63, 3.8) is 0 Å². The van der Waals surface area contributed by atoms with E-state index in [2.05, 4.69) is 66.9 Å². The summed E-state index contributed by atoms with van der Waals surface area (Å²) in [5.74, 6) is -1.92. The summed E-state index contributed by atoms with van der Waals surface area (Å²) in [6, 6.07) is 31.0. The van der Waals surface area contributed by atoms with Crippen molar-refractivity contribution in [2.45, 2.75) is 201 Å². The molecule has 0 unspecified atom stereocenters. The van der Waals surface area contributed by atoms with Crippen molar-refractivity contribution in [3.05, 3.63) is 160 Å². The van der Waals surface area contributed by atoms with Crippen LogP contribution < -0.4 is 30.9 Å². The second-order valence-electron chi connectivity index (χ2n) is 31.2. The minimum absolute atomic E-state index is 0.0261. The third kappa shape index (κ3) is 23.2. The lowest BCUT2D eigenvalue weighted by atomic mass is 9.73. The van der Waals surface area contributed by atoms with Crippen LogP contribution in [0.3, 0.4) is 0 Å². The van der Waals surface area contributed by atoms with E-state index in [1.165, 1.54) is 45.5 Å². The third-order valence-electron chi connectivity index (χ3n) is 21.1. The molecule has 0 saturated carbocycles. The van der Waals surface area contributed by atoms with Crippen molar-refractivity contribution >= 4 is 101 Å². The van der Waals surface area contributed by atoms with Gasteiger partial charge < -0.3 is 41.1 Å². The van der Waals surface area contributed by atoms with Gasteiger partial charge in [-0.2, -0.15) is 13.2 Å². The molecule has 6 aromatic rings. The molecular weight excluding hydrogens is 1490 g/mol. The fraction of sp³-hybridized carbons (Fsp3) is 0.506. The molecule has 6 atom stereocenters. The van der Waals surface area contributed by atoms with Gasteiger partial charge in [-0.1, -0.05) is 138 Å². The Labute approximate surface area is 653 Å². The summed E-state index contributed by atoms with van der Waals surface area (Å²) in [5.41, 5.74) is 2.68. The number of amides is 5. The van der Waals surface area contributed by atoms with Crippen LogP contribution in [0.25, 0.3) is 16.0 Å². The summed E-state index contributed by atoms with van der Waals surface area (Å²) in [6.45, 7) is 19.4. The minimum atomic E-state index is -6.17. The largest absolute Gasteiger partial charge is 0.501 e. The highest BCUT2D eigenvalue weighted by atomic mass is 35.5. The topological polar surface area (TPSA) is 260 Å². The number of β-amino-alcohol motifs (C(OH)–C–C–N with tert-alkyl or cyclic N) is 1. The van der Waals surface area contributed by atoms with E-state index in [1.807, 2.05) is 106 Å². The molecule has 590 valence electrons. The van der Waals surface area contributed by atoms with E-state index in [1.54, 1.807) is 29.0 Å². The van der Waals surface area contributed by atoms with E-state index in [0.29, 0.717) is 75.9 Å². The van der Waals surface area contributed by atoms with Crippen molar-refractivity contribution in [3.8, 4) is 10.4 Å². The first-order chi connectivity index (χ1) is 51.7. The number of aryl methyl sites for hydroxylation is 1. The van der Waals surface area contributed by atoms with Crippen molar-refractivity contribution < 1.29 is 59.1 Å². The fourth-order valence-corrected chi connectivity index (χ4v) is 18.8. The van der Waals surface area contributed by atoms with Crippen LogP contribution in [0, 0.1) is 17.8 Å².